The molecule has 0 aliphatic heterocycles. The highest BCUT2D eigenvalue weighted by molar-refractivity contribution is 7.18. The molecule has 2 aromatic heterocycles. The van der Waals surface area contributed by atoms with E-state index in [1.165, 1.54) is 17.7 Å². The van der Waals surface area contributed by atoms with Gasteiger partial charge < -0.3 is 15.0 Å². The van der Waals surface area contributed by atoms with Crippen molar-refractivity contribution in [3.8, 4) is 5.75 Å². The van der Waals surface area contributed by atoms with Gasteiger partial charge in [0, 0.05) is 4.88 Å². The number of fused-ring (bicyclic) bond motifs is 1. The lowest BCUT2D eigenvalue weighted by molar-refractivity contribution is -0.120. The zero-order chi connectivity index (χ0) is 16.2. The standard InChI is InChI=1S/C16H15N3O3S/c1-22-11-4-2-10(3-5-11)6-14(20)17-8-12-7-13-15(21)18-9-19-16(13)23-12/h2-5,7,9H,6,8H2,1H3,(H,17,20)(H,18,19,21). The maximum absolute atomic E-state index is 12.0. The number of aromatic nitrogens is 2. The number of methoxy groups -OCH3 is 1. The monoisotopic (exact) mass is 329 g/mol. The molecule has 0 radical (unpaired) electrons. The van der Waals surface area contributed by atoms with Gasteiger partial charge in [-0.1, -0.05) is 12.1 Å². The molecule has 0 aliphatic rings. The molecule has 3 rings (SSSR count). The lowest BCUT2D eigenvalue weighted by atomic mass is 10.1. The molecular formula is C16H15N3O3S. The Bertz CT molecular complexity index is 883. The first kappa shape index (κ1) is 15.2. The maximum atomic E-state index is 12.0. The molecule has 0 fully saturated rings. The summed E-state index contributed by atoms with van der Waals surface area (Å²) >= 11 is 1.40. The van der Waals surface area contributed by atoms with Crippen molar-refractivity contribution >= 4 is 27.5 Å². The Balaban J connectivity index is 1.61. The summed E-state index contributed by atoms with van der Waals surface area (Å²) in [5.41, 5.74) is 0.750. The van der Waals surface area contributed by atoms with Crippen molar-refractivity contribution in [2.45, 2.75) is 13.0 Å². The lowest BCUT2D eigenvalue weighted by Gasteiger charge is -2.05. The highest BCUT2D eigenvalue weighted by Gasteiger charge is 2.08. The van der Waals surface area contributed by atoms with Gasteiger partial charge in [-0.2, -0.15) is 0 Å². The summed E-state index contributed by atoms with van der Waals surface area (Å²) < 4.78 is 5.08. The molecule has 0 unspecified atom stereocenters. The number of thiophene rings is 1. The molecule has 2 heterocycles. The van der Waals surface area contributed by atoms with Crippen molar-refractivity contribution in [1.82, 2.24) is 15.3 Å². The van der Waals surface area contributed by atoms with Crippen molar-refractivity contribution in [1.29, 1.82) is 0 Å². The summed E-state index contributed by atoms with van der Waals surface area (Å²) in [4.78, 5) is 31.9. The minimum absolute atomic E-state index is 0.0745. The van der Waals surface area contributed by atoms with Crippen LogP contribution in [0.5, 0.6) is 5.75 Å². The van der Waals surface area contributed by atoms with E-state index in [1.54, 1.807) is 13.2 Å². The molecular weight excluding hydrogens is 314 g/mol. The fourth-order valence-corrected chi connectivity index (χ4v) is 3.12. The number of H-pyrrole nitrogens is 1. The molecule has 2 N–H and O–H groups in total. The Labute approximate surface area is 136 Å². The number of hydrogen-bond donors (Lipinski definition) is 2. The Morgan fingerprint density at radius 3 is 2.83 bits per heavy atom. The molecule has 3 aromatic rings. The van der Waals surface area contributed by atoms with Crippen LogP contribution < -0.4 is 15.6 Å². The van der Waals surface area contributed by atoms with E-state index in [-0.39, 0.29) is 11.5 Å². The minimum Gasteiger partial charge on any atom is -0.497 e. The van der Waals surface area contributed by atoms with Crippen LogP contribution in [0.3, 0.4) is 0 Å². The quantitative estimate of drug-likeness (QED) is 0.748. The van der Waals surface area contributed by atoms with Gasteiger partial charge in [-0.25, -0.2) is 4.98 Å². The third-order valence-electron chi connectivity index (χ3n) is 3.37. The first-order chi connectivity index (χ1) is 11.2. The predicted molar refractivity (Wildman–Crippen MR) is 88.8 cm³/mol. The van der Waals surface area contributed by atoms with E-state index in [4.69, 9.17) is 4.74 Å². The first-order valence-electron chi connectivity index (χ1n) is 7.01. The third kappa shape index (κ3) is 3.57. The van der Waals surface area contributed by atoms with E-state index in [0.29, 0.717) is 23.2 Å². The second-order valence-corrected chi connectivity index (χ2v) is 6.08. The zero-order valence-electron chi connectivity index (χ0n) is 12.5. The zero-order valence-corrected chi connectivity index (χ0v) is 13.3. The number of benzene rings is 1. The van der Waals surface area contributed by atoms with Crippen LogP contribution in [0.2, 0.25) is 0 Å². The van der Waals surface area contributed by atoms with Crippen LogP contribution in [0.1, 0.15) is 10.4 Å². The average molecular weight is 329 g/mol. The summed E-state index contributed by atoms with van der Waals surface area (Å²) in [5, 5.41) is 3.41. The van der Waals surface area contributed by atoms with Crippen LogP contribution in [0, 0.1) is 0 Å². The van der Waals surface area contributed by atoms with Gasteiger partial charge in [-0.05, 0) is 23.8 Å². The number of aromatic amines is 1. The lowest BCUT2D eigenvalue weighted by Crippen LogP contribution is -2.24. The summed E-state index contributed by atoms with van der Waals surface area (Å²) in [5.74, 6) is 0.687. The summed E-state index contributed by atoms with van der Waals surface area (Å²) in [6.45, 7) is 0.384. The fourth-order valence-electron chi connectivity index (χ4n) is 2.18. The van der Waals surface area contributed by atoms with Gasteiger partial charge in [0.2, 0.25) is 5.91 Å². The molecule has 0 atom stereocenters. The molecule has 0 spiro atoms. The number of rotatable bonds is 5. The third-order valence-corrected chi connectivity index (χ3v) is 4.41. The Hall–Kier alpha value is -2.67. The van der Waals surface area contributed by atoms with E-state index >= 15 is 0 Å². The molecule has 1 amide bonds. The number of nitrogens with zero attached hydrogens (tertiary/aromatic N) is 1. The number of amides is 1. The summed E-state index contributed by atoms with van der Waals surface area (Å²) in [7, 11) is 1.60. The van der Waals surface area contributed by atoms with Gasteiger partial charge in [0.25, 0.3) is 5.56 Å². The van der Waals surface area contributed by atoms with Crippen LogP contribution in [0.15, 0.2) is 41.5 Å². The van der Waals surface area contributed by atoms with Gasteiger partial charge in [0.15, 0.2) is 0 Å². The normalized spacial score (nSPS) is 10.7. The Morgan fingerprint density at radius 2 is 2.13 bits per heavy atom. The molecule has 6 nitrogen and oxygen atoms in total. The Morgan fingerprint density at radius 1 is 1.35 bits per heavy atom. The molecule has 0 saturated heterocycles. The summed E-state index contributed by atoms with van der Waals surface area (Å²) in [6.07, 6.45) is 1.68. The molecule has 0 bridgehead atoms. The van der Waals surface area contributed by atoms with E-state index in [1.807, 2.05) is 24.3 Å². The number of carbonyl (C=O) groups excluding carboxylic acids is 1. The van der Waals surface area contributed by atoms with Gasteiger partial charge >= 0.3 is 0 Å². The maximum Gasteiger partial charge on any atom is 0.259 e. The van der Waals surface area contributed by atoms with Crippen molar-refractivity contribution in [3.05, 3.63) is 57.5 Å². The molecule has 7 heteroatoms. The van der Waals surface area contributed by atoms with Crippen LogP contribution in [-0.4, -0.2) is 23.0 Å². The average Bonchev–Trinajstić information content (AvgIpc) is 2.98. The highest BCUT2D eigenvalue weighted by atomic mass is 32.1. The van der Waals surface area contributed by atoms with Crippen LogP contribution >= 0.6 is 11.3 Å². The molecule has 0 aliphatic carbocycles. The predicted octanol–water partition coefficient (Wildman–Crippen LogP) is 1.85. The van der Waals surface area contributed by atoms with E-state index in [9.17, 15) is 9.59 Å². The molecule has 1 aromatic carbocycles. The van der Waals surface area contributed by atoms with Crippen molar-refractivity contribution in [2.75, 3.05) is 7.11 Å². The van der Waals surface area contributed by atoms with Gasteiger partial charge in [-0.15, -0.1) is 11.3 Å². The second kappa shape index (κ2) is 6.62. The van der Waals surface area contributed by atoms with Crippen molar-refractivity contribution in [2.24, 2.45) is 0 Å². The SMILES string of the molecule is COc1ccc(CC(=O)NCc2cc3c(=O)[nH]cnc3s2)cc1. The Kier molecular flexibility index (Phi) is 4.38. The number of nitrogens with one attached hydrogen (secondary N) is 2. The number of ether oxygens (including phenoxy) is 1. The molecule has 0 saturated carbocycles. The number of carbonyl (C=O) groups is 1. The van der Waals surface area contributed by atoms with Crippen molar-refractivity contribution < 1.29 is 9.53 Å². The first-order valence-corrected chi connectivity index (χ1v) is 7.83. The van der Waals surface area contributed by atoms with Crippen molar-refractivity contribution in [3.63, 3.8) is 0 Å². The largest absolute Gasteiger partial charge is 0.497 e. The topological polar surface area (TPSA) is 84.1 Å². The van der Waals surface area contributed by atoms with Gasteiger partial charge in [-0.3, -0.25) is 9.59 Å². The van der Waals surface area contributed by atoms with Crippen LogP contribution in [0.4, 0.5) is 0 Å². The van der Waals surface area contributed by atoms with E-state index in [0.717, 1.165) is 16.2 Å². The molecule has 118 valence electrons. The highest BCUT2D eigenvalue weighted by Crippen LogP contribution is 2.20. The smallest absolute Gasteiger partial charge is 0.259 e. The fraction of sp³-hybridized carbons (Fsp3) is 0.188. The minimum atomic E-state index is -0.165. The van der Waals surface area contributed by atoms with Gasteiger partial charge in [0.1, 0.15) is 10.6 Å². The van der Waals surface area contributed by atoms with Crippen LogP contribution in [-0.2, 0) is 17.8 Å². The van der Waals surface area contributed by atoms with Gasteiger partial charge in [0.05, 0.1) is 31.8 Å². The second-order valence-electron chi connectivity index (χ2n) is 4.96. The van der Waals surface area contributed by atoms with E-state index in [2.05, 4.69) is 15.3 Å². The molecule has 23 heavy (non-hydrogen) atoms. The van der Waals surface area contributed by atoms with E-state index < -0.39 is 0 Å². The van der Waals surface area contributed by atoms with Crippen LogP contribution in [0.25, 0.3) is 10.2 Å². The summed E-state index contributed by atoms with van der Waals surface area (Å²) in [6, 6.07) is 9.14. The number of hydrogen-bond acceptors (Lipinski definition) is 5.